The number of nitrogens with zero attached hydrogens (tertiary/aromatic N) is 2. The van der Waals surface area contributed by atoms with Crippen molar-refractivity contribution in [2.75, 3.05) is 4.90 Å². The molecular weight excluding hydrogens is 411 g/mol. The van der Waals surface area contributed by atoms with E-state index in [9.17, 15) is 0 Å². The molecule has 0 aliphatic rings. The second-order valence-electron chi connectivity index (χ2n) is 6.89. The molecule has 0 saturated heterocycles. The van der Waals surface area contributed by atoms with E-state index in [-0.39, 0.29) is 0 Å². The van der Waals surface area contributed by atoms with Gasteiger partial charge in [-0.25, -0.2) is 0 Å². The molecule has 2 radical (unpaired) electrons. The monoisotopic (exact) mass is 448 g/mol. The van der Waals surface area contributed by atoms with Crippen molar-refractivity contribution in [1.82, 2.24) is 4.98 Å². The van der Waals surface area contributed by atoms with E-state index in [4.69, 9.17) is 0 Å². The maximum atomic E-state index is 4.51. The number of aromatic nitrogens is 1. The van der Waals surface area contributed by atoms with Crippen LogP contribution in [0.4, 0.5) is 5.82 Å². The van der Waals surface area contributed by atoms with Crippen LogP contribution < -0.4 is 8.48 Å². The van der Waals surface area contributed by atoms with E-state index in [0.717, 1.165) is 5.82 Å². The van der Waals surface area contributed by atoms with Gasteiger partial charge < -0.3 is 0 Å². The first-order valence-electron chi connectivity index (χ1n) is 9.92. The average molecular weight is 447 g/mol. The third-order valence-electron chi connectivity index (χ3n) is 4.84. The van der Waals surface area contributed by atoms with Crippen LogP contribution in [0.5, 0.6) is 0 Å². The normalized spacial score (nSPS) is 11.3. The Morgan fingerprint density at radius 3 is 1.96 bits per heavy atom. The first-order valence-corrected chi connectivity index (χ1v) is 12.8. The molecule has 0 aliphatic heterocycles. The molecule has 0 amide bonds. The molecule has 138 valence electrons. The molecule has 2 nitrogen and oxygen atoms in total. The van der Waals surface area contributed by atoms with Crippen molar-refractivity contribution in [3.05, 3.63) is 43.9 Å². The molecule has 1 aromatic heterocycles. The van der Waals surface area contributed by atoms with Gasteiger partial charge in [0, 0.05) is 0 Å². The summed E-state index contributed by atoms with van der Waals surface area (Å²) in [6.07, 6.45) is 17.8. The molecule has 0 fully saturated rings. The summed E-state index contributed by atoms with van der Waals surface area (Å²) in [6, 6.07) is 4.55. The van der Waals surface area contributed by atoms with E-state index in [0.29, 0.717) is 3.43 Å². The minimum atomic E-state index is -0.711. The molecule has 0 bridgehead atoms. The van der Waals surface area contributed by atoms with Crippen molar-refractivity contribution < 1.29 is 0 Å². The summed E-state index contributed by atoms with van der Waals surface area (Å²) in [5, 5.41) is 0. The van der Waals surface area contributed by atoms with E-state index in [1.54, 1.807) is 16.0 Å². The van der Waals surface area contributed by atoms with Crippen LogP contribution >= 0.6 is 0 Å². The molecule has 0 spiro atoms. The Kier molecular flexibility index (Phi) is 11.2. The van der Waals surface area contributed by atoms with Crippen LogP contribution in [-0.2, 0) is 0 Å². The van der Waals surface area contributed by atoms with Crippen LogP contribution in [0.3, 0.4) is 0 Å². The molecule has 0 aromatic carbocycles. The first-order chi connectivity index (χ1) is 12.1. The van der Waals surface area contributed by atoms with Gasteiger partial charge in [0.15, 0.2) is 0 Å². The molecule has 1 rings (SSSR count). The quantitative estimate of drug-likeness (QED) is 0.314. The average Bonchev–Trinajstić information content (AvgIpc) is 2.64. The summed E-state index contributed by atoms with van der Waals surface area (Å²) in [5.74, 6) is 0.957. The van der Waals surface area contributed by atoms with E-state index >= 15 is 0 Å². The van der Waals surface area contributed by atoms with Gasteiger partial charge in [-0.2, -0.15) is 0 Å². The van der Waals surface area contributed by atoms with Crippen LogP contribution in [0.15, 0.2) is 43.9 Å². The van der Waals surface area contributed by atoms with Crippen LogP contribution in [0, 0.1) is 0 Å². The Hall–Kier alpha value is -0.771. The molecule has 1 heterocycles. The third-order valence-corrected chi connectivity index (χ3v) is 10.2. The number of rotatable bonds is 14. The fraction of sp³-hybridized carbons (Fsp3) is 0.591. The van der Waals surface area contributed by atoms with Gasteiger partial charge >= 0.3 is 166 Å². The molecule has 0 saturated carbocycles. The van der Waals surface area contributed by atoms with Crippen LogP contribution in [-0.4, -0.2) is 26.1 Å². The van der Waals surface area contributed by atoms with E-state index in [1.807, 2.05) is 11.1 Å². The summed E-state index contributed by atoms with van der Waals surface area (Å²) in [4.78, 5) is 6.42. The Bertz CT molecular complexity index is 483. The van der Waals surface area contributed by atoms with Gasteiger partial charge in [-0.1, -0.05) is 0 Å². The summed E-state index contributed by atoms with van der Waals surface area (Å²) in [5.41, 5.74) is 0. The second-order valence-corrected chi connectivity index (χ2v) is 12.3. The van der Waals surface area contributed by atoms with E-state index < -0.39 is 21.1 Å². The summed E-state index contributed by atoms with van der Waals surface area (Å²) < 4.78 is 2.17. The van der Waals surface area contributed by atoms with Crippen molar-refractivity contribution in [1.29, 1.82) is 0 Å². The van der Waals surface area contributed by atoms with Gasteiger partial charge in [-0.3, -0.25) is 0 Å². The van der Waals surface area contributed by atoms with Gasteiger partial charge in [0.1, 0.15) is 0 Å². The number of hydrogen-bond donors (Lipinski definition) is 0. The molecule has 1 aromatic rings. The zero-order valence-electron chi connectivity index (χ0n) is 16.6. The van der Waals surface area contributed by atoms with Gasteiger partial charge in [-0.05, 0) is 0 Å². The van der Waals surface area contributed by atoms with Crippen molar-refractivity contribution >= 4 is 30.5 Å². The van der Waals surface area contributed by atoms with Crippen molar-refractivity contribution in [2.45, 2.75) is 82.0 Å². The molecule has 0 atom stereocenters. The Balaban J connectivity index is 3.06. The standard InChI is InChI=1S/C13H27.C9H9N2.Sn/c1-4-7-10-13(11-8-5-2)12-9-6-3;1-3-11(4-2)9-7-5-6-8-10-9;/h4-12H2,1-3H3;3-4,6-8H,1-2H2;. The molecule has 3 heteroatoms. The van der Waals surface area contributed by atoms with Crippen LogP contribution in [0.25, 0.3) is 0 Å². The van der Waals surface area contributed by atoms with Gasteiger partial charge in [-0.15, -0.1) is 0 Å². The number of hydrogen-bond acceptors (Lipinski definition) is 2. The fourth-order valence-corrected chi connectivity index (χ4v) is 8.67. The number of anilines is 1. The molecule has 0 N–H and O–H groups in total. The predicted molar refractivity (Wildman–Crippen MR) is 114 cm³/mol. The van der Waals surface area contributed by atoms with Crippen molar-refractivity contribution in [3.63, 3.8) is 0 Å². The first kappa shape index (κ1) is 22.3. The van der Waals surface area contributed by atoms with Gasteiger partial charge in [0.05, 0.1) is 0 Å². The molecule has 25 heavy (non-hydrogen) atoms. The molecule has 0 unspecified atom stereocenters. The summed E-state index contributed by atoms with van der Waals surface area (Å²) in [6.45, 7) is 14.7. The van der Waals surface area contributed by atoms with Gasteiger partial charge in [0.2, 0.25) is 0 Å². The minimum absolute atomic E-state index is 0.608. The number of unbranched alkanes of at least 4 members (excludes halogenated alkanes) is 3. The Labute approximate surface area is 166 Å². The van der Waals surface area contributed by atoms with E-state index in [2.05, 4.69) is 51.0 Å². The Morgan fingerprint density at radius 1 is 1.00 bits per heavy atom. The molecule has 0 aliphatic carbocycles. The summed E-state index contributed by atoms with van der Waals surface area (Å²) >= 11 is -0.711. The molecular formula is C22H36N2Sn. The third kappa shape index (κ3) is 7.55. The topological polar surface area (TPSA) is 16.1 Å². The fourth-order valence-electron chi connectivity index (χ4n) is 3.31. The van der Waals surface area contributed by atoms with E-state index in [1.165, 1.54) is 57.8 Å². The maximum absolute atomic E-state index is 4.51. The second kappa shape index (κ2) is 12.6. The van der Waals surface area contributed by atoms with Crippen LogP contribution in [0.1, 0.15) is 78.6 Å². The summed E-state index contributed by atoms with van der Waals surface area (Å²) in [7, 11) is 0. The number of pyridine rings is 1. The van der Waals surface area contributed by atoms with Crippen molar-refractivity contribution in [2.24, 2.45) is 0 Å². The zero-order valence-corrected chi connectivity index (χ0v) is 19.4. The Morgan fingerprint density at radius 2 is 1.52 bits per heavy atom. The van der Waals surface area contributed by atoms with Crippen LogP contribution in [0.2, 0.25) is 3.43 Å². The zero-order chi connectivity index (χ0) is 18.5. The predicted octanol–water partition coefficient (Wildman–Crippen LogP) is 6.23. The van der Waals surface area contributed by atoms with Crippen molar-refractivity contribution in [3.8, 4) is 0 Å². The SMILES string of the molecule is C=CN(C=C)c1c[c]([Sn][C](CCCC)(CCCC)CCCC)ccn1. The van der Waals surface area contributed by atoms with Gasteiger partial charge in [0.25, 0.3) is 0 Å².